The number of hydrogen-bond acceptors (Lipinski definition) is 4. The van der Waals surface area contributed by atoms with Crippen LogP contribution in [0.25, 0.3) is 0 Å². The minimum Gasteiger partial charge on any atom is -0.453 e. The number of rotatable bonds is 7. The number of thiophene rings is 1. The Morgan fingerprint density at radius 2 is 2.13 bits per heavy atom. The summed E-state index contributed by atoms with van der Waals surface area (Å²) in [6.07, 6.45) is 1.07. The summed E-state index contributed by atoms with van der Waals surface area (Å²) in [5.41, 5.74) is 0.657. The zero-order valence-electron chi connectivity index (χ0n) is 12.8. The summed E-state index contributed by atoms with van der Waals surface area (Å²) in [5, 5.41) is 4.74. The van der Waals surface area contributed by atoms with Gasteiger partial charge >= 0.3 is 5.97 Å². The van der Waals surface area contributed by atoms with Gasteiger partial charge in [-0.2, -0.15) is 0 Å². The van der Waals surface area contributed by atoms with Crippen molar-refractivity contribution >= 4 is 44.8 Å². The molecule has 122 valence electrons. The molecule has 2 rings (SSSR count). The minimum atomic E-state index is -0.816. The summed E-state index contributed by atoms with van der Waals surface area (Å²) in [7, 11) is 0. The average Bonchev–Trinajstić information content (AvgIpc) is 3.00. The van der Waals surface area contributed by atoms with Crippen LogP contribution >= 0.6 is 27.3 Å². The Bertz CT molecular complexity index is 658. The molecule has 1 aromatic heterocycles. The molecule has 4 nitrogen and oxygen atoms in total. The number of benzene rings is 1. The third kappa shape index (κ3) is 6.15. The average molecular weight is 396 g/mol. The second-order valence-corrected chi connectivity index (χ2v) is 7.01. The van der Waals surface area contributed by atoms with E-state index in [0.717, 1.165) is 17.3 Å². The minimum absolute atomic E-state index is 0.312. The van der Waals surface area contributed by atoms with Crippen LogP contribution in [-0.4, -0.2) is 18.0 Å². The van der Waals surface area contributed by atoms with Gasteiger partial charge in [-0.1, -0.05) is 28.1 Å². The topological polar surface area (TPSA) is 55.4 Å². The van der Waals surface area contributed by atoms with Crippen molar-refractivity contribution in [3.63, 3.8) is 0 Å². The van der Waals surface area contributed by atoms with Crippen LogP contribution in [0.4, 0.5) is 5.69 Å². The van der Waals surface area contributed by atoms with E-state index in [1.165, 1.54) is 4.88 Å². The van der Waals surface area contributed by atoms with Crippen LogP contribution in [0.2, 0.25) is 0 Å². The molecule has 2 aromatic rings. The van der Waals surface area contributed by atoms with Gasteiger partial charge in [0.05, 0.1) is 0 Å². The van der Waals surface area contributed by atoms with Gasteiger partial charge in [0.2, 0.25) is 0 Å². The van der Waals surface area contributed by atoms with Gasteiger partial charge in [-0.25, -0.2) is 0 Å². The first kappa shape index (κ1) is 17.7. The molecule has 0 saturated heterocycles. The van der Waals surface area contributed by atoms with Crippen molar-refractivity contribution in [2.45, 2.75) is 32.3 Å². The number of hydrogen-bond donors (Lipinski definition) is 1. The highest BCUT2D eigenvalue weighted by atomic mass is 79.9. The predicted octanol–water partition coefficient (Wildman–Crippen LogP) is 4.40. The summed E-state index contributed by atoms with van der Waals surface area (Å²) in [4.78, 5) is 25.1. The molecule has 0 unspecified atom stereocenters. The smallest absolute Gasteiger partial charge is 0.306 e. The number of anilines is 1. The number of amides is 1. The molecule has 0 radical (unpaired) electrons. The summed E-state index contributed by atoms with van der Waals surface area (Å²) in [5.74, 6) is -0.687. The Labute approximate surface area is 148 Å². The third-order valence-electron chi connectivity index (χ3n) is 3.15. The van der Waals surface area contributed by atoms with Gasteiger partial charge in [0.15, 0.2) is 6.10 Å². The molecule has 0 spiro atoms. The molecule has 0 aliphatic rings. The number of carbonyl (C=O) groups excluding carboxylic acids is 2. The maximum atomic E-state index is 12.0. The Balaban J connectivity index is 1.73. The number of esters is 1. The van der Waals surface area contributed by atoms with Gasteiger partial charge in [-0.15, -0.1) is 11.3 Å². The Morgan fingerprint density at radius 3 is 2.83 bits per heavy atom. The zero-order chi connectivity index (χ0) is 16.7. The normalized spacial score (nSPS) is 11.7. The lowest BCUT2D eigenvalue weighted by molar-refractivity contribution is -0.153. The molecule has 1 atom stereocenters. The standard InChI is InChI=1S/C17H18BrNO3S/c1-12(17(21)19-14-6-2-5-13(18)11-14)22-16(20)9-3-7-15-8-4-10-23-15/h2,4-6,8,10-12H,3,7,9H2,1H3,(H,19,21)/t12-/m0/s1. The van der Waals surface area contributed by atoms with E-state index in [1.807, 2.05) is 29.6 Å². The van der Waals surface area contributed by atoms with E-state index < -0.39 is 6.10 Å². The first-order valence-corrected chi connectivity index (χ1v) is 9.00. The second-order valence-electron chi connectivity index (χ2n) is 5.06. The number of halogens is 1. The predicted molar refractivity (Wildman–Crippen MR) is 95.6 cm³/mol. The molecule has 1 heterocycles. The molecule has 0 bridgehead atoms. The fraction of sp³-hybridized carbons (Fsp3) is 0.294. The summed E-state index contributed by atoms with van der Waals surface area (Å²) < 4.78 is 6.04. The Hall–Kier alpha value is -1.66. The number of nitrogens with one attached hydrogen (secondary N) is 1. The van der Waals surface area contributed by atoms with Crippen molar-refractivity contribution in [3.05, 3.63) is 51.1 Å². The van der Waals surface area contributed by atoms with Crippen molar-refractivity contribution in [1.29, 1.82) is 0 Å². The van der Waals surface area contributed by atoms with Crippen LogP contribution in [-0.2, 0) is 20.7 Å². The van der Waals surface area contributed by atoms with Gasteiger partial charge in [0.1, 0.15) is 0 Å². The summed E-state index contributed by atoms with van der Waals surface area (Å²) in [6.45, 7) is 1.57. The fourth-order valence-electron chi connectivity index (χ4n) is 1.98. The molecular formula is C17H18BrNO3S. The van der Waals surface area contributed by atoms with E-state index in [9.17, 15) is 9.59 Å². The van der Waals surface area contributed by atoms with Crippen LogP contribution in [0.1, 0.15) is 24.6 Å². The van der Waals surface area contributed by atoms with Crippen molar-refractivity contribution in [2.24, 2.45) is 0 Å². The van der Waals surface area contributed by atoms with Crippen LogP contribution in [0, 0.1) is 0 Å². The van der Waals surface area contributed by atoms with Gasteiger partial charge in [-0.3, -0.25) is 9.59 Å². The lowest BCUT2D eigenvalue weighted by atomic mass is 10.2. The van der Waals surface area contributed by atoms with Crippen LogP contribution in [0.15, 0.2) is 46.3 Å². The molecule has 1 aromatic carbocycles. The number of carbonyl (C=O) groups is 2. The largest absolute Gasteiger partial charge is 0.453 e. The van der Waals surface area contributed by atoms with E-state index in [0.29, 0.717) is 12.1 Å². The Kier molecular flexibility index (Phi) is 6.80. The van der Waals surface area contributed by atoms with Crippen LogP contribution in [0.3, 0.4) is 0 Å². The van der Waals surface area contributed by atoms with Gasteiger partial charge in [0.25, 0.3) is 5.91 Å². The van der Waals surface area contributed by atoms with Crippen molar-refractivity contribution < 1.29 is 14.3 Å². The quantitative estimate of drug-likeness (QED) is 0.706. The molecular weight excluding hydrogens is 378 g/mol. The van der Waals surface area contributed by atoms with Gasteiger partial charge in [0, 0.05) is 21.5 Å². The summed E-state index contributed by atoms with van der Waals surface area (Å²) in [6, 6.07) is 11.3. The number of ether oxygens (including phenoxy) is 1. The molecule has 23 heavy (non-hydrogen) atoms. The first-order chi connectivity index (χ1) is 11.0. The fourth-order valence-corrected chi connectivity index (χ4v) is 3.13. The lowest BCUT2D eigenvalue weighted by Gasteiger charge is -2.13. The maximum Gasteiger partial charge on any atom is 0.306 e. The highest BCUT2D eigenvalue weighted by molar-refractivity contribution is 9.10. The van der Waals surface area contributed by atoms with E-state index in [1.54, 1.807) is 30.4 Å². The van der Waals surface area contributed by atoms with E-state index in [-0.39, 0.29) is 11.9 Å². The van der Waals surface area contributed by atoms with Gasteiger partial charge in [-0.05, 0) is 49.4 Å². The highest BCUT2D eigenvalue weighted by Crippen LogP contribution is 2.16. The summed E-state index contributed by atoms with van der Waals surface area (Å²) >= 11 is 5.01. The lowest BCUT2D eigenvalue weighted by Crippen LogP contribution is -2.29. The van der Waals surface area contributed by atoms with Crippen molar-refractivity contribution in [2.75, 3.05) is 5.32 Å². The first-order valence-electron chi connectivity index (χ1n) is 7.33. The van der Waals surface area contributed by atoms with Crippen molar-refractivity contribution in [1.82, 2.24) is 0 Å². The third-order valence-corrected chi connectivity index (χ3v) is 4.58. The SMILES string of the molecule is C[C@H](OC(=O)CCCc1cccs1)C(=O)Nc1cccc(Br)c1. The zero-order valence-corrected chi connectivity index (χ0v) is 15.2. The van der Waals surface area contributed by atoms with Gasteiger partial charge < -0.3 is 10.1 Å². The molecule has 6 heteroatoms. The highest BCUT2D eigenvalue weighted by Gasteiger charge is 2.17. The van der Waals surface area contributed by atoms with Crippen LogP contribution in [0.5, 0.6) is 0 Å². The Morgan fingerprint density at radius 1 is 1.30 bits per heavy atom. The molecule has 0 saturated carbocycles. The number of aryl methyl sites for hydroxylation is 1. The second kappa shape index (κ2) is 8.84. The molecule has 1 N–H and O–H groups in total. The van der Waals surface area contributed by atoms with Crippen molar-refractivity contribution in [3.8, 4) is 0 Å². The molecule has 0 aliphatic carbocycles. The molecule has 1 amide bonds. The van der Waals surface area contributed by atoms with E-state index in [2.05, 4.69) is 21.2 Å². The monoisotopic (exact) mass is 395 g/mol. The molecule has 0 aliphatic heterocycles. The van der Waals surface area contributed by atoms with Crippen LogP contribution < -0.4 is 5.32 Å². The van der Waals surface area contributed by atoms with E-state index in [4.69, 9.17) is 4.74 Å². The van der Waals surface area contributed by atoms with E-state index >= 15 is 0 Å². The maximum absolute atomic E-state index is 12.0. The molecule has 0 fully saturated rings.